The fraction of sp³-hybridized carbons (Fsp3) is 0.0588. The number of rotatable bonds is 1. The average Bonchev–Trinajstić information content (AvgIpc) is 2.86. The van der Waals surface area contributed by atoms with Crippen molar-refractivity contribution >= 4 is 22.1 Å². The van der Waals surface area contributed by atoms with Crippen LogP contribution in [0.15, 0.2) is 59.1 Å². The number of fused-ring (bicyclic) bond motifs is 3. The summed E-state index contributed by atoms with van der Waals surface area (Å²) in [6, 6.07) is 16.1. The largest absolute Gasteiger partial charge is 0.437 e. The van der Waals surface area contributed by atoms with E-state index < -0.39 is 0 Å². The van der Waals surface area contributed by atoms with Gasteiger partial charge in [0.15, 0.2) is 0 Å². The number of furan rings is 1. The van der Waals surface area contributed by atoms with Gasteiger partial charge in [0, 0.05) is 28.2 Å². The summed E-state index contributed by atoms with van der Waals surface area (Å²) in [4.78, 5) is 8.87. The van der Waals surface area contributed by atoms with Crippen LogP contribution in [0.4, 0.5) is 0 Å². The minimum absolute atomic E-state index is 0.669. The highest BCUT2D eigenvalue weighted by Gasteiger charge is 2.12. The molecule has 0 aliphatic heterocycles. The number of para-hydroxylation sites is 1. The van der Waals surface area contributed by atoms with Gasteiger partial charge in [0.1, 0.15) is 5.58 Å². The van der Waals surface area contributed by atoms with Gasteiger partial charge in [-0.15, -0.1) is 0 Å². The van der Waals surface area contributed by atoms with Crippen LogP contribution in [0, 0.1) is 6.92 Å². The van der Waals surface area contributed by atoms with Crippen molar-refractivity contribution < 1.29 is 4.42 Å². The van der Waals surface area contributed by atoms with Crippen molar-refractivity contribution in [2.24, 2.45) is 0 Å². The lowest BCUT2D eigenvalue weighted by molar-refractivity contribution is 0.655. The van der Waals surface area contributed by atoms with Gasteiger partial charge in [-0.1, -0.05) is 18.2 Å². The van der Waals surface area contributed by atoms with Gasteiger partial charge in [-0.3, -0.25) is 4.98 Å². The second-order valence-corrected chi connectivity index (χ2v) is 4.80. The molecule has 0 atom stereocenters. The van der Waals surface area contributed by atoms with E-state index in [1.165, 1.54) is 0 Å². The molecule has 3 nitrogen and oxygen atoms in total. The molecule has 0 spiro atoms. The third kappa shape index (κ3) is 1.60. The van der Waals surface area contributed by atoms with E-state index in [0.29, 0.717) is 5.71 Å². The Bertz CT molecular complexity index is 924. The molecule has 0 radical (unpaired) electrons. The van der Waals surface area contributed by atoms with Gasteiger partial charge in [0.2, 0.25) is 5.71 Å². The molecule has 3 heterocycles. The summed E-state index contributed by atoms with van der Waals surface area (Å²) in [5.41, 5.74) is 4.44. The van der Waals surface area contributed by atoms with E-state index in [1.807, 2.05) is 49.4 Å². The number of pyridine rings is 2. The predicted octanol–water partition coefficient (Wildman–Crippen LogP) is 4.35. The van der Waals surface area contributed by atoms with Gasteiger partial charge < -0.3 is 4.42 Å². The summed E-state index contributed by atoms with van der Waals surface area (Å²) in [5.74, 6) is 0. The van der Waals surface area contributed by atoms with E-state index >= 15 is 0 Å². The molecule has 0 aliphatic carbocycles. The third-order valence-electron chi connectivity index (χ3n) is 3.44. The van der Waals surface area contributed by atoms with Gasteiger partial charge in [0.05, 0.1) is 5.69 Å². The van der Waals surface area contributed by atoms with Crippen LogP contribution >= 0.6 is 0 Å². The van der Waals surface area contributed by atoms with Crippen molar-refractivity contribution in [2.75, 3.05) is 0 Å². The van der Waals surface area contributed by atoms with E-state index in [9.17, 15) is 0 Å². The number of benzene rings is 1. The summed E-state index contributed by atoms with van der Waals surface area (Å²) in [6.45, 7) is 1.99. The second-order valence-electron chi connectivity index (χ2n) is 4.80. The van der Waals surface area contributed by atoms with Crippen molar-refractivity contribution in [3.05, 3.63) is 60.4 Å². The molecule has 3 aromatic heterocycles. The zero-order chi connectivity index (χ0) is 13.5. The van der Waals surface area contributed by atoms with E-state index in [1.54, 1.807) is 6.20 Å². The van der Waals surface area contributed by atoms with E-state index in [0.717, 1.165) is 33.3 Å². The molecule has 3 heteroatoms. The highest BCUT2D eigenvalue weighted by atomic mass is 16.3. The summed E-state index contributed by atoms with van der Waals surface area (Å²) in [6.07, 6.45) is 1.75. The lowest BCUT2D eigenvalue weighted by atomic mass is 10.1. The zero-order valence-corrected chi connectivity index (χ0v) is 11.0. The maximum Gasteiger partial charge on any atom is 0.227 e. The van der Waals surface area contributed by atoms with E-state index in [4.69, 9.17) is 4.42 Å². The number of aryl methyl sites for hydroxylation is 1. The first kappa shape index (κ1) is 11.2. The maximum atomic E-state index is 5.93. The molecule has 0 bridgehead atoms. The molecule has 0 unspecified atom stereocenters. The molecular formula is C17H12N2O. The lowest BCUT2D eigenvalue weighted by Crippen LogP contribution is -1.86. The molecule has 0 saturated heterocycles. The van der Waals surface area contributed by atoms with E-state index in [2.05, 4.69) is 16.0 Å². The molecule has 0 fully saturated rings. The van der Waals surface area contributed by atoms with Crippen molar-refractivity contribution in [3.63, 3.8) is 0 Å². The Morgan fingerprint density at radius 1 is 0.900 bits per heavy atom. The van der Waals surface area contributed by atoms with Crippen LogP contribution in [0.25, 0.3) is 33.3 Å². The Hall–Kier alpha value is -2.68. The van der Waals surface area contributed by atoms with Crippen molar-refractivity contribution in [2.45, 2.75) is 6.92 Å². The van der Waals surface area contributed by atoms with Gasteiger partial charge >= 0.3 is 0 Å². The molecule has 0 amide bonds. The molecule has 0 saturated carbocycles. The van der Waals surface area contributed by atoms with Gasteiger partial charge in [-0.05, 0) is 37.3 Å². The van der Waals surface area contributed by atoms with Crippen LogP contribution in [0.1, 0.15) is 5.69 Å². The summed E-state index contributed by atoms with van der Waals surface area (Å²) in [7, 11) is 0. The van der Waals surface area contributed by atoms with Crippen LogP contribution in [0.5, 0.6) is 0 Å². The molecule has 0 N–H and O–H groups in total. The minimum atomic E-state index is 0.669. The number of hydrogen-bond donors (Lipinski definition) is 0. The molecular weight excluding hydrogens is 248 g/mol. The summed E-state index contributed by atoms with van der Waals surface area (Å²) >= 11 is 0. The Morgan fingerprint density at radius 2 is 1.75 bits per heavy atom. The van der Waals surface area contributed by atoms with Crippen molar-refractivity contribution in [1.29, 1.82) is 0 Å². The monoisotopic (exact) mass is 260 g/mol. The maximum absolute atomic E-state index is 5.93. The lowest BCUT2D eigenvalue weighted by Gasteiger charge is -2.02. The van der Waals surface area contributed by atoms with Gasteiger partial charge in [-0.25, -0.2) is 4.98 Å². The topological polar surface area (TPSA) is 38.9 Å². The van der Waals surface area contributed by atoms with Gasteiger partial charge in [-0.2, -0.15) is 0 Å². The first-order valence-electron chi connectivity index (χ1n) is 6.53. The Morgan fingerprint density at radius 3 is 2.65 bits per heavy atom. The van der Waals surface area contributed by atoms with Crippen molar-refractivity contribution in [1.82, 2.24) is 9.97 Å². The second kappa shape index (κ2) is 4.17. The van der Waals surface area contributed by atoms with Crippen molar-refractivity contribution in [3.8, 4) is 11.3 Å². The first-order chi connectivity index (χ1) is 9.83. The fourth-order valence-corrected chi connectivity index (χ4v) is 2.53. The van der Waals surface area contributed by atoms with Crippen LogP contribution in [-0.4, -0.2) is 9.97 Å². The molecule has 4 aromatic rings. The Kier molecular flexibility index (Phi) is 2.33. The normalized spacial score (nSPS) is 11.2. The first-order valence-corrected chi connectivity index (χ1v) is 6.53. The quantitative estimate of drug-likeness (QED) is 0.510. The Balaban J connectivity index is 2.10. The number of nitrogens with zero attached hydrogens (tertiary/aromatic N) is 2. The number of hydrogen-bond acceptors (Lipinski definition) is 3. The SMILES string of the molecule is Cc1cccc(-c2cccc3c2oc2ncccc23)n1. The minimum Gasteiger partial charge on any atom is -0.437 e. The zero-order valence-electron chi connectivity index (χ0n) is 11.0. The van der Waals surface area contributed by atoms with Crippen LogP contribution in [-0.2, 0) is 0 Å². The Labute approximate surface area is 115 Å². The van der Waals surface area contributed by atoms with Gasteiger partial charge in [0.25, 0.3) is 0 Å². The predicted molar refractivity (Wildman–Crippen MR) is 79.5 cm³/mol. The fourth-order valence-electron chi connectivity index (χ4n) is 2.53. The van der Waals surface area contributed by atoms with E-state index in [-0.39, 0.29) is 0 Å². The summed E-state index contributed by atoms with van der Waals surface area (Å²) in [5, 5.41) is 2.12. The molecule has 96 valence electrons. The highest BCUT2D eigenvalue weighted by molar-refractivity contribution is 6.08. The third-order valence-corrected chi connectivity index (χ3v) is 3.44. The molecule has 4 rings (SSSR count). The standard InChI is InChI=1S/C17H12N2O/c1-11-5-2-9-15(19-11)14-7-3-6-12-13-8-4-10-18-17(13)20-16(12)14/h2-10H,1H3. The van der Waals surface area contributed by atoms with Crippen LogP contribution in [0.3, 0.4) is 0 Å². The summed E-state index contributed by atoms with van der Waals surface area (Å²) < 4.78 is 5.93. The molecule has 0 aliphatic rings. The number of aromatic nitrogens is 2. The van der Waals surface area contributed by atoms with Crippen LogP contribution in [0.2, 0.25) is 0 Å². The molecule has 20 heavy (non-hydrogen) atoms. The highest BCUT2D eigenvalue weighted by Crippen LogP contribution is 2.33. The smallest absolute Gasteiger partial charge is 0.227 e. The average molecular weight is 260 g/mol. The molecule has 1 aromatic carbocycles. The van der Waals surface area contributed by atoms with Crippen LogP contribution < -0.4 is 0 Å².